The number of aryl methyl sites for hydroxylation is 1. The number of hydrogen-bond donors (Lipinski definition) is 1. The average molecular weight is 304 g/mol. The Hall–Kier alpha value is -2.33. The molecule has 106 valence electrons. The molecule has 5 heteroatoms. The van der Waals surface area contributed by atoms with Gasteiger partial charge in [0.25, 0.3) is 5.91 Å². The lowest BCUT2D eigenvalue weighted by atomic mass is 10.1. The monoisotopic (exact) mass is 303 g/mol. The summed E-state index contributed by atoms with van der Waals surface area (Å²) in [5.74, 6) is -0.876. The van der Waals surface area contributed by atoms with Crippen molar-refractivity contribution in [2.45, 2.75) is 6.92 Å². The van der Waals surface area contributed by atoms with Crippen LogP contribution >= 0.6 is 11.6 Å². The summed E-state index contributed by atoms with van der Waals surface area (Å²) in [6, 6.07) is 11.5. The summed E-state index contributed by atoms with van der Waals surface area (Å²) in [4.78, 5) is 12.3. The summed E-state index contributed by atoms with van der Waals surface area (Å²) in [5, 5.41) is 3.67. The fraction of sp³-hybridized carbons (Fsp3) is 0.0625. The van der Waals surface area contributed by atoms with Gasteiger partial charge in [-0.15, -0.1) is 0 Å². The molecule has 0 unspecified atom stereocenters. The number of para-hydroxylation sites is 2. The van der Waals surface area contributed by atoms with E-state index in [-0.39, 0.29) is 11.3 Å². The van der Waals surface area contributed by atoms with Crippen molar-refractivity contribution < 1.29 is 13.6 Å². The number of rotatable bonds is 2. The first-order valence-electron chi connectivity index (χ1n) is 6.31. The molecule has 3 aromatic rings. The predicted molar refractivity (Wildman–Crippen MR) is 80.3 cm³/mol. The molecule has 0 aliphatic carbocycles. The van der Waals surface area contributed by atoms with E-state index in [9.17, 15) is 9.18 Å². The molecule has 1 N–H and O–H groups in total. The van der Waals surface area contributed by atoms with Crippen LogP contribution in [0.15, 0.2) is 46.9 Å². The number of amides is 1. The Labute approximate surface area is 125 Å². The smallest absolute Gasteiger partial charge is 0.291 e. The van der Waals surface area contributed by atoms with Gasteiger partial charge in [-0.25, -0.2) is 4.39 Å². The van der Waals surface area contributed by atoms with Gasteiger partial charge < -0.3 is 9.73 Å². The van der Waals surface area contributed by atoms with Crippen LogP contribution in [-0.4, -0.2) is 5.91 Å². The van der Waals surface area contributed by atoms with E-state index in [0.29, 0.717) is 21.7 Å². The molecule has 2 aromatic carbocycles. The number of carbonyl (C=O) groups excluding carboxylic acids is 1. The zero-order chi connectivity index (χ0) is 15.0. The molecule has 21 heavy (non-hydrogen) atoms. The van der Waals surface area contributed by atoms with Crippen LogP contribution in [0.4, 0.5) is 10.1 Å². The Kier molecular flexibility index (Phi) is 3.39. The molecule has 3 nitrogen and oxygen atoms in total. The second-order valence-electron chi connectivity index (χ2n) is 4.61. The molecule has 0 bridgehead atoms. The van der Waals surface area contributed by atoms with Crippen molar-refractivity contribution in [1.29, 1.82) is 0 Å². The highest BCUT2D eigenvalue weighted by Gasteiger charge is 2.20. The van der Waals surface area contributed by atoms with Crippen LogP contribution < -0.4 is 5.32 Å². The topological polar surface area (TPSA) is 42.2 Å². The Balaban J connectivity index is 2.01. The van der Waals surface area contributed by atoms with Crippen LogP contribution in [0.1, 0.15) is 16.1 Å². The van der Waals surface area contributed by atoms with Crippen molar-refractivity contribution in [3.63, 3.8) is 0 Å². The SMILES string of the molecule is Cc1c(C(=O)Nc2ccccc2Cl)oc2c(F)cccc12. The Morgan fingerprint density at radius 1 is 1.19 bits per heavy atom. The lowest BCUT2D eigenvalue weighted by Gasteiger charge is -2.05. The maximum Gasteiger partial charge on any atom is 0.291 e. The van der Waals surface area contributed by atoms with Gasteiger partial charge in [0.15, 0.2) is 17.2 Å². The average Bonchev–Trinajstić information content (AvgIpc) is 2.81. The fourth-order valence-corrected chi connectivity index (χ4v) is 2.35. The molecule has 0 aliphatic rings. The maximum absolute atomic E-state index is 13.7. The minimum Gasteiger partial charge on any atom is -0.448 e. The van der Waals surface area contributed by atoms with Crippen molar-refractivity contribution in [3.05, 3.63) is 64.6 Å². The van der Waals surface area contributed by atoms with Crippen molar-refractivity contribution in [2.75, 3.05) is 5.32 Å². The van der Waals surface area contributed by atoms with Gasteiger partial charge in [0.2, 0.25) is 0 Å². The van der Waals surface area contributed by atoms with Gasteiger partial charge >= 0.3 is 0 Å². The molecule has 0 atom stereocenters. The van der Waals surface area contributed by atoms with E-state index in [4.69, 9.17) is 16.0 Å². The highest BCUT2D eigenvalue weighted by atomic mass is 35.5. The minimum atomic E-state index is -0.493. The van der Waals surface area contributed by atoms with Crippen LogP contribution in [0.3, 0.4) is 0 Å². The van der Waals surface area contributed by atoms with Gasteiger partial charge in [-0.3, -0.25) is 4.79 Å². The van der Waals surface area contributed by atoms with Crippen LogP contribution in [0.25, 0.3) is 11.0 Å². The molecule has 1 amide bonds. The van der Waals surface area contributed by atoms with Gasteiger partial charge in [-0.2, -0.15) is 0 Å². The second-order valence-corrected chi connectivity index (χ2v) is 5.01. The molecule has 1 heterocycles. The quantitative estimate of drug-likeness (QED) is 0.740. The molecule has 0 spiro atoms. The van der Waals surface area contributed by atoms with E-state index < -0.39 is 11.7 Å². The molecule has 3 rings (SSSR count). The van der Waals surface area contributed by atoms with Gasteiger partial charge in [0, 0.05) is 10.9 Å². The molecular weight excluding hydrogens is 293 g/mol. The van der Waals surface area contributed by atoms with Crippen molar-refractivity contribution in [2.24, 2.45) is 0 Å². The Bertz CT molecular complexity index is 841. The Morgan fingerprint density at radius 2 is 1.95 bits per heavy atom. The third-order valence-corrected chi connectivity index (χ3v) is 3.57. The van der Waals surface area contributed by atoms with Gasteiger partial charge in [-0.05, 0) is 25.1 Å². The summed E-state index contributed by atoms with van der Waals surface area (Å²) >= 11 is 5.99. The van der Waals surface area contributed by atoms with Crippen molar-refractivity contribution in [3.8, 4) is 0 Å². The fourth-order valence-electron chi connectivity index (χ4n) is 2.17. The minimum absolute atomic E-state index is 0.0787. The third-order valence-electron chi connectivity index (χ3n) is 3.24. The highest BCUT2D eigenvalue weighted by Crippen LogP contribution is 2.28. The van der Waals surface area contributed by atoms with E-state index in [1.165, 1.54) is 6.07 Å². The van der Waals surface area contributed by atoms with E-state index in [2.05, 4.69) is 5.32 Å². The van der Waals surface area contributed by atoms with E-state index in [0.717, 1.165) is 0 Å². The normalized spacial score (nSPS) is 10.8. The number of benzene rings is 2. The molecule has 1 aromatic heterocycles. The van der Waals surface area contributed by atoms with Gasteiger partial charge in [-0.1, -0.05) is 35.9 Å². The summed E-state index contributed by atoms with van der Waals surface area (Å²) in [6.45, 7) is 1.72. The number of halogens is 2. The first kappa shape index (κ1) is 13.6. The number of nitrogens with one attached hydrogen (secondary N) is 1. The van der Waals surface area contributed by atoms with Crippen molar-refractivity contribution >= 4 is 34.2 Å². The molecule has 0 saturated heterocycles. The van der Waals surface area contributed by atoms with Crippen LogP contribution in [-0.2, 0) is 0 Å². The largest absolute Gasteiger partial charge is 0.448 e. The van der Waals surface area contributed by atoms with Crippen LogP contribution in [0, 0.1) is 12.7 Å². The lowest BCUT2D eigenvalue weighted by molar-refractivity contribution is 0.0997. The molecule has 0 radical (unpaired) electrons. The number of hydrogen-bond acceptors (Lipinski definition) is 2. The van der Waals surface area contributed by atoms with E-state index in [1.54, 1.807) is 43.3 Å². The van der Waals surface area contributed by atoms with Gasteiger partial charge in [0.1, 0.15) is 0 Å². The molecule has 0 fully saturated rings. The summed E-state index contributed by atoms with van der Waals surface area (Å²) in [7, 11) is 0. The molecular formula is C16H11ClFNO2. The Morgan fingerprint density at radius 3 is 2.67 bits per heavy atom. The first-order chi connectivity index (χ1) is 10.1. The van der Waals surface area contributed by atoms with Crippen molar-refractivity contribution in [1.82, 2.24) is 0 Å². The lowest BCUT2D eigenvalue weighted by Crippen LogP contribution is -2.12. The maximum atomic E-state index is 13.7. The standard InChI is InChI=1S/C16H11ClFNO2/c1-9-10-5-4-7-12(18)15(10)21-14(9)16(20)19-13-8-3-2-6-11(13)17/h2-8H,1H3,(H,19,20). The number of anilines is 1. The van der Waals surface area contributed by atoms with Gasteiger partial charge in [0.05, 0.1) is 10.7 Å². The third kappa shape index (κ3) is 2.38. The zero-order valence-electron chi connectivity index (χ0n) is 11.1. The second kappa shape index (κ2) is 5.22. The number of furan rings is 1. The van der Waals surface area contributed by atoms with Crippen LogP contribution in [0.2, 0.25) is 5.02 Å². The first-order valence-corrected chi connectivity index (χ1v) is 6.69. The highest BCUT2D eigenvalue weighted by molar-refractivity contribution is 6.33. The molecule has 0 saturated carbocycles. The summed E-state index contributed by atoms with van der Waals surface area (Å²) in [6.07, 6.45) is 0. The van der Waals surface area contributed by atoms with E-state index in [1.807, 2.05) is 0 Å². The predicted octanol–water partition coefficient (Wildman–Crippen LogP) is 4.79. The van der Waals surface area contributed by atoms with Crippen LogP contribution in [0.5, 0.6) is 0 Å². The van der Waals surface area contributed by atoms with E-state index >= 15 is 0 Å². The summed E-state index contributed by atoms with van der Waals surface area (Å²) < 4.78 is 19.1. The zero-order valence-corrected chi connectivity index (χ0v) is 11.9. The number of carbonyl (C=O) groups is 1. The summed E-state index contributed by atoms with van der Waals surface area (Å²) in [5.41, 5.74) is 1.15. The number of fused-ring (bicyclic) bond motifs is 1. The molecule has 0 aliphatic heterocycles.